The molecule has 0 aromatic heterocycles. The maximum absolute atomic E-state index is 13.5. The average Bonchev–Trinajstić information content (AvgIpc) is 2.44. The Morgan fingerprint density at radius 3 is 3.00 bits per heavy atom. The van der Waals surface area contributed by atoms with Gasteiger partial charge in [0.2, 0.25) is 0 Å². The summed E-state index contributed by atoms with van der Waals surface area (Å²) in [6.45, 7) is 6.80. The van der Waals surface area contributed by atoms with Crippen molar-refractivity contribution in [2.24, 2.45) is 5.92 Å². The van der Waals surface area contributed by atoms with Gasteiger partial charge in [-0.25, -0.2) is 4.39 Å². The molecule has 1 fully saturated rings. The van der Waals surface area contributed by atoms with Gasteiger partial charge in [-0.2, -0.15) is 0 Å². The summed E-state index contributed by atoms with van der Waals surface area (Å²) >= 11 is 0. The lowest BCUT2D eigenvalue weighted by Gasteiger charge is -2.32. The Hall–Kier alpha value is -0.930. The number of benzene rings is 1. The van der Waals surface area contributed by atoms with E-state index in [0.29, 0.717) is 5.92 Å². The maximum atomic E-state index is 13.5. The zero-order chi connectivity index (χ0) is 13.7. The Balaban J connectivity index is 2.22. The van der Waals surface area contributed by atoms with E-state index in [1.165, 1.54) is 6.07 Å². The monoisotopic (exact) mass is 265 g/mol. The molecule has 2 nitrogen and oxygen atoms in total. The van der Waals surface area contributed by atoms with E-state index in [9.17, 15) is 4.39 Å². The van der Waals surface area contributed by atoms with Crippen LogP contribution in [0.25, 0.3) is 0 Å². The van der Waals surface area contributed by atoms with Crippen molar-refractivity contribution in [1.29, 1.82) is 0 Å². The molecule has 1 saturated heterocycles. The first-order valence-electron chi connectivity index (χ1n) is 7.29. The summed E-state index contributed by atoms with van der Waals surface area (Å²) < 4.78 is 19.1. The third-order valence-corrected chi connectivity index (χ3v) is 3.86. The largest absolute Gasteiger partial charge is 0.381 e. The van der Waals surface area contributed by atoms with Crippen LogP contribution in [0.15, 0.2) is 18.2 Å². The van der Waals surface area contributed by atoms with Crippen LogP contribution in [0.4, 0.5) is 4.39 Å². The predicted molar refractivity (Wildman–Crippen MR) is 75.7 cm³/mol. The van der Waals surface area contributed by atoms with Crippen molar-refractivity contribution in [3.63, 3.8) is 0 Å². The molecular weight excluding hydrogens is 241 g/mol. The van der Waals surface area contributed by atoms with Crippen LogP contribution in [0.2, 0.25) is 0 Å². The van der Waals surface area contributed by atoms with Gasteiger partial charge in [0.1, 0.15) is 5.82 Å². The van der Waals surface area contributed by atoms with Gasteiger partial charge in [0.05, 0.1) is 6.61 Å². The van der Waals surface area contributed by atoms with Crippen molar-refractivity contribution in [1.82, 2.24) is 5.32 Å². The van der Waals surface area contributed by atoms with Crippen molar-refractivity contribution in [2.45, 2.75) is 39.2 Å². The lowest BCUT2D eigenvalue weighted by atomic mass is 9.86. The minimum atomic E-state index is -0.152. The van der Waals surface area contributed by atoms with E-state index < -0.39 is 0 Å². The second-order valence-electron chi connectivity index (χ2n) is 5.41. The molecule has 1 aliphatic heterocycles. The summed E-state index contributed by atoms with van der Waals surface area (Å²) in [7, 11) is 0. The minimum Gasteiger partial charge on any atom is -0.381 e. The molecule has 1 aliphatic rings. The fourth-order valence-corrected chi connectivity index (χ4v) is 2.81. The number of hydrogen-bond donors (Lipinski definition) is 1. The van der Waals surface area contributed by atoms with Crippen LogP contribution in [-0.2, 0) is 4.74 Å². The smallest absolute Gasteiger partial charge is 0.123 e. The Morgan fingerprint density at radius 2 is 2.32 bits per heavy atom. The molecule has 19 heavy (non-hydrogen) atoms. The number of hydrogen-bond acceptors (Lipinski definition) is 2. The first-order chi connectivity index (χ1) is 9.22. The van der Waals surface area contributed by atoms with Gasteiger partial charge in [-0.3, -0.25) is 0 Å². The summed E-state index contributed by atoms with van der Waals surface area (Å²) in [5, 5.41) is 3.58. The summed E-state index contributed by atoms with van der Waals surface area (Å²) in [6, 6.07) is 5.29. The van der Waals surface area contributed by atoms with Crippen LogP contribution < -0.4 is 5.32 Å². The van der Waals surface area contributed by atoms with Crippen molar-refractivity contribution < 1.29 is 9.13 Å². The molecule has 0 bridgehead atoms. The van der Waals surface area contributed by atoms with Crippen LogP contribution in [0, 0.1) is 18.7 Å². The Morgan fingerprint density at radius 1 is 1.47 bits per heavy atom. The van der Waals surface area contributed by atoms with Gasteiger partial charge in [0.25, 0.3) is 0 Å². The quantitative estimate of drug-likeness (QED) is 0.878. The van der Waals surface area contributed by atoms with E-state index in [2.05, 4.69) is 19.2 Å². The molecule has 0 radical (unpaired) electrons. The topological polar surface area (TPSA) is 21.3 Å². The van der Waals surface area contributed by atoms with Gasteiger partial charge < -0.3 is 10.1 Å². The van der Waals surface area contributed by atoms with E-state index in [1.807, 2.05) is 6.07 Å². The molecule has 106 valence electrons. The molecule has 0 spiro atoms. The molecule has 1 heterocycles. The number of ether oxygens (including phenoxy) is 1. The lowest BCUT2D eigenvalue weighted by Crippen LogP contribution is -2.34. The van der Waals surface area contributed by atoms with Crippen LogP contribution >= 0.6 is 0 Å². The summed E-state index contributed by atoms with van der Waals surface area (Å²) in [5.74, 6) is 0.293. The lowest BCUT2D eigenvalue weighted by molar-refractivity contribution is 0.0389. The normalized spacial score (nSPS) is 21.3. The van der Waals surface area contributed by atoms with E-state index in [0.717, 1.165) is 50.1 Å². The van der Waals surface area contributed by atoms with Crippen molar-refractivity contribution in [2.75, 3.05) is 19.8 Å². The van der Waals surface area contributed by atoms with E-state index in [-0.39, 0.29) is 11.9 Å². The molecular formula is C16H24FNO. The molecule has 3 heteroatoms. The molecule has 0 saturated carbocycles. The van der Waals surface area contributed by atoms with Crippen molar-refractivity contribution >= 4 is 0 Å². The van der Waals surface area contributed by atoms with E-state index in [4.69, 9.17) is 4.74 Å². The van der Waals surface area contributed by atoms with Gasteiger partial charge >= 0.3 is 0 Å². The van der Waals surface area contributed by atoms with Gasteiger partial charge in [0, 0.05) is 18.6 Å². The van der Waals surface area contributed by atoms with Crippen LogP contribution in [0.5, 0.6) is 0 Å². The molecule has 1 aromatic carbocycles. The minimum absolute atomic E-state index is 0.152. The van der Waals surface area contributed by atoms with Gasteiger partial charge in [-0.1, -0.05) is 13.0 Å². The van der Waals surface area contributed by atoms with Gasteiger partial charge in [-0.15, -0.1) is 0 Å². The van der Waals surface area contributed by atoms with E-state index >= 15 is 0 Å². The summed E-state index contributed by atoms with van der Waals surface area (Å²) in [4.78, 5) is 0. The number of rotatable bonds is 5. The third kappa shape index (κ3) is 3.77. The third-order valence-electron chi connectivity index (χ3n) is 3.86. The average molecular weight is 265 g/mol. The first kappa shape index (κ1) is 14.5. The fraction of sp³-hybridized carbons (Fsp3) is 0.625. The zero-order valence-corrected chi connectivity index (χ0v) is 11.9. The van der Waals surface area contributed by atoms with Crippen LogP contribution in [0.1, 0.15) is 43.4 Å². The fourth-order valence-electron chi connectivity index (χ4n) is 2.81. The molecule has 1 aromatic rings. The summed E-state index contributed by atoms with van der Waals surface area (Å²) in [6.07, 6.45) is 3.33. The predicted octanol–water partition coefficient (Wildman–Crippen LogP) is 3.60. The second-order valence-corrected chi connectivity index (χ2v) is 5.41. The standard InChI is InChI=1S/C16H24FNO/c1-3-8-18-16(13-5-4-9-19-11-13)15-10-14(17)7-6-12(15)2/h6-7,10,13,16,18H,3-5,8-9,11H2,1-2H3. The number of aryl methyl sites for hydroxylation is 1. The zero-order valence-electron chi connectivity index (χ0n) is 11.9. The van der Waals surface area contributed by atoms with Crippen molar-refractivity contribution in [3.8, 4) is 0 Å². The van der Waals surface area contributed by atoms with Gasteiger partial charge in [-0.05, 0) is 56.0 Å². The molecule has 0 aliphatic carbocycles. The highest BCUT2D eigenvalue weighted by Gasteiger charge is 2.26. The first-order valence-corrected chi connectivity index (χ1v) is 7.29. The number of halogens is 1. The highest BCUT2D eigenvalue weighted by atomic mass is 19.1. The second kappa shape index (κ2) is 7.01. The SMILES string of the molecule is CCCNC(c1cc(F)ccc1C)C1CCCOC1. The molecule has 1 N–H and O–H groups in total. The Labute approximate surface area is 115 Å². The molecule has 2 rings (SSSR count). The van der Waals surface area contributed by atoms with E-state index in [1.54, 1.807) is 6.07 Å². The van der Waals surface area contributed by atoms with Crippen LogP contribution in [0.3, 0.4) is 0 Å². The maximum Gasteiger partial charge on any atom is 0.123 e. The summed E-state index contributed by atoms with van der Waals surface area (Å²) in [5.41, 5.74) is 2.24. The molecule has 2 atom stereocenters. The highest BCUT2D eigenvalue weighted by Crippen LogP contribution is 2.31. The van der Waals surface area contributed by atoms with Crippen LogP contribution in [-0.4, -0.2) is 19.8 Å². The number of nitrogens with one attached hydrogen (secondary N) is 1. The highest BCUT2D eigenvalue weighted by molar-refractivity contribution is 5.30. The van der Waals surface area contributed by atoms with Gasteiger partial charge in [0.15, 0.2) is 0 Å². The Kier molecular flexibility index (Phi) is 5.34. The molecule has 0 amide bonds. The molecule has 2 unspecified atom stereocenters. The van der Waals surface area contributed by atoms with Crippen molar-refractivity contribution in [3.05, 3.63) is 35.1 Å². The Bertz CT molecular complexity index is 402.